The van der Waals surface area contributed by atoms with Gasteiger partial charge in [0.2, 0.25) is 0 Å². The Kier molecular flexibility index (Phi) is 4.83. The maximum absolute atomic E-state index is 5.64. The molecule has 1 aromatic rings. The monoisotopic (exact) mass is 224 g/mol. The fourth-order valence-electron chi connectivity index (χ4n) is 0.950. The Morgan fingerprint density at radius 3 is 3.13 bits per heavy atom. The third-order valence-electron chi connectivity index (χ3n) is 1.65. The van der Waals surface area contributed by atoms with Crippen molar-refractivity contribution in [3.8, 4) is 0 Å². The van der Waals surface area contributed by atoms with Crippen LogP contribution in [0.25, 0.3) is 0 Å². The molecule has 0 atom stereocenters. The molecule has 0 aliphatic rings. The summed E-state index contributed by atoms with van der Waals surface area (Å²) in [6, 6.07) is 0. The van der Waals surface area contributed by atoms with Crippen LogP contribution < -0.4 is 11.1 Å². The summed E-state index contributed by atoms with van der Waals surface area (Å²) in [5.74, 6) is 0.467. The van der Waals surface area contributed by atoms with E-state index in [0.29, 0.717) is 12.5 Å². The van der Waals surface area contributed by atoms with Gasteiger partial charge in [-0.15, -0.1) is 11.3 Å². The van der Waals surface area contributed by atoms with Gasteiger partial charge in [-0.2, -0.15) is 0 Å². The van der Waals surface area contributed by atoms with Crippen molar-refractivity contribution in [3.05, 3.63) is 28.7 Å². The summed E-state index contributed by atoms with van der Waals surface area (Å²) in [6.07, 6.45) is 2.68. The average molecular weight is 224 g/mol. The SMILES string of the molecule is C=C(C)CN=C(N)NCCc1nccs1. The number of hydrogen-bond acceptors (Lipinski definition) is 3. The minimum absolute atomic E-state index is 0.467. The number of guanidine groups is 1. The summed E-state index contributed by atoms with van der Waals surface area (Å²) in [5.41, 5.74) is 6.64. The first-order valence-electron chi connectivity index (χ1n) is 4.75. The topological polar surface area (TPSA) is 63.3 Å². The van der Waals surface area contributed by atoms with E-state index in [2.05, 4.69) is 21.9 Å². The van der Waals surface area contributed by atoms with E-state index < -0.39 is 0 Å². The molecule has 0 bridgehead atoms. The Hall–Kier alpha value is -1.36. The lowest BCUT2D eigenvalue weighted by atomic mass is 10.4. The van der Waals surface area contributed by atoms with Crippen molar-refractivity contribution in [1.29, 1.82) is 0 Å². The van der Waals surface area contributed by atoms with Crippen LogP contribution in [-0.4, -0.2) is 24.0 Å². The van der Waals surface area contributed by atoms with Crippen molar-refractivity contribution in [2.24, 2.45) is 10.7 Å². The number of aromatic nitrogens is 1. The summed E-state index contributed by atoms with van der Waals surface area (Å²) >= 11 is 1.65. The molecule has 5 heteroatoms. The Labute approximate surface area is 93.9 Å². The Bertz CT molecular complexity index is 329. The molecule has 0 amide bonds. The van der Waals surface area contributed by atoms with Crippen molar-refractivity contribution < 1.29 is 0 Å². The van der Waals surface area contributed by atoms with Gasteiger partial charge in [-0.05, 0) is 6.92 Å². The van der Waals surface area contributed by atoms with Gasteiger partial charge in [-0.3, -0.25) is 0 Å². The fourth-order valence-corrected chi connectivity index (χ4v) is 1.57. The molecule has 1 heterocycles. The van der Waals surface area contributed by atoms with Gasteiger partial charge in [0.25, 0.3) is 0 Å². The van der Waals surface area contributed by atoms with E-state index in [9.17, 15) is 0 Å². The highest BCUT2D eigenvalue weighted by molar-refractivity contribution is 7.09. The van der Waals surface area contributed by atoms with Crippen molar-refractivity contribution >= 4 is 17.3 Å². The molecule has 0 aliphatic heterocycles. The average Bonchev–Trinajstić information content (AvgIpc) is 2.67. The van der Waals surface area contributed by atoms with Gasteiger partial charge in [0.15, 0.2) is 5.96 Å². The van der Waals surface area contributed by atoms with Crippen molar-refractivity contribution in [3.63, 3.8) is 0 Å². The number of nitrogens with two attached hydrogens (primary N) is 1. The summed E-state index contributed by atoms with van der Waals surface area (Å²) in [4.78, 5) is 8.28. The van der Waals surface area contributed by atoms with Crippen LogP contribution in [0.5, 0.6) is 0 Å². The first-order chi connectivity index (χ1) is 7.18. The predicted octanol–water partition coefficient (Wildman–Crippen LogP) is 1.17. The smallest absolute Gasteiger partial charge is 0.188 e. The molecule has 1 aromatic heterocycles. The number of thiazole rings is 1. The molecule has 3 N–H and O–H groups in total. The lowest BCUT2D eigenvalue weighted by Gasteiger charge is -2.03. The molecule has 82 valence electrons. The summed E-state index contributed by atoms with van der Waals surface area (Å²) in [6.45, 7) is 7.01. The second-order valence-corrected chi connectivity index (χ2v) is 4.24. The van der Waals surface area contributed by atoms with Crippen LogP contribution in [0.1, 0.15) is 11.9 Å². The van der Waals surface area contributed by atoms with E-state index in [1.54, 1.807) is 17.5 Å². The third kappa shape index (κ3) is 5.17. The number of nitrogens with one attached hydrogen (secondary N) is 1. The van der Waals surface area contributed by atoms with Crippen LogP contribution >= 0.6 is 11.3 Å². The molecule has 15 heavy (non-hydrogen) atoms. The van der Waals surface area contributed by atoms with Crippen molar-refractivity contribution in [2.75, 3.05) is 13.1 Å². The number of nitrogens with zero attached hydrogens (tertiary/aromatic N) is 2. The predicted molar refractivity (Wildman–Crippen MR) is 65.1 cm³/mol. The molecule has 4 nitrogen and oxygen atoms in total. The highest BCUT2D eigenvalue weighted by Gasteiger charge is 1.95. The van der Waals surface area contributed by atoms with E-state index >= 15 is 0 Å². The lowest BCUT2D eigenvalue weighted by molar-refractivity contribution is 0.846. The lowest BCUT2D eigenvalue weighted by Crippen LogP contribution is -2.33. The van der Waals surface area contributed by atoms with Crippen LogP contribution in [-0.2, 0) is 6.42 Å². The highest BCUT2D eigenvalue weighted by Crippen LogP contribution is 2.03. The third-order valence-corrected chi connectivity index (χ3v) is 2.49. The zero-order valence-electron chi connectivity index (χ0n) is 8.86. The van der Waals surface area contributed by atoms with Gasteiger partial charge in [0.05, 0.1) is 11.6 Å². The number of aliphatic imine (C=N–C) groups is 1. The molecule has 0 saturated carbocycles. The normalized spacial score (nSPS) is 11.4. The van der Waals surface area contributed by atoms with Crippen LogP contribution in [0, 0.1) is 0 Å². The zero-order valence-corrected chi connectivity index (χ0v) is 9.68. The van der Waals surface area contributed by atoms with E-state index in [0.717, 1.165) is 23.5 Å². The van der Waals surface area contributed by atoms with Gasteiger partial charge in [0.1, 0.15) is 0 Å². The highest BCUT2D eigenvalue weighted by atomic mass is 32.1. The molecule has 0 aliphatic carbocycles. The van der Waals surface area contributed by atoms with E-state index in [1.165, 1.54) is 0 Å². The number of rotatable bonds is 5. The van der Waals surface area contributed by atoms with Crippen LogP contribution in [0.3, 0.4) is 0 Å². The fraction of sp³-hybridized carbons (Fsp3) is 0.400. The van der Waals surface area contributed by atoms with Crippen molar-refractivity contribution in [2.45, 2.75) is 13.3 Å². The van der Waals surface area contributed by atoms with Gasteiger partial charge in [0, 0.05) is 24.5 Å². The molecule has 0 unspecified atom stereocenters. The van der Waals surface area contributed by atoms with Crippen LogP contribution in [0.4, 0.5) is 0 Å². The Morgan fingerprint density at radius 1 is 1.73 bits per heavy atom. The number of hydrogen-bond donors (Lipinski definition) is 2. The minimum atomic E-state index is 0.467. The van der Waals surface area contributed by atoms with Crippen LogP contribution in [0.2, 0.25) is 0 Å². The molecule has 0 spiro atoms. The van der Waals surface area contributed by atoms with E-state index in [1.807, 2.05) is 12.3 Å². The standard InChI is InChI=1S/C10H16N4S/c1-8(2)7-14-10(11)13-4-3-9-12-5-6-15-9/h5-6H,1,3-4,7H2,2H3,(H3,11,13,14). The van der Waals surface area contributed by atoms with E-state index in [-0.39, 0.29) is 0 Å². The molecule has 1 rings (SSSR count). The maximum Gasteiger partial charge on any atom is 0.188 e. The molecular formula is C10H16N4S. The van der Waals surface area contributed by atoms with Gasteiger partial charge < -0.3 is 11.1 Å². The van der Waals surface area contributed by atoms with E-state index in [4.69, 9.17) is 5.73 Å². The molecule has 0 aromatic carbocycles. The molecular weight excluding hydrogens is 208 g/mol. The van der Waals surface area contributed by atoms with Crippen LogP contribution in [0.15, 0.2) is 28.7 Å². The van der Waals surface area contributed by atoms with Crippen molar-refractivity contribution in [1.82, 2.24) is 10.3 Å². The van der Waals surface area contributed by atoms with Gasteiger partial charge in [-0.1, -0.05) is 12.2 Å². The first-order valence-corrected chi connectivity index (χ1v) is 5.63. The van der Waals surface area contributed by atoms with Gasteiger partial charge in [-0.25, -0.2) is 9.98 Å². The Balaban J connectivity index is 2.19. The zero-order chi connectivity index (χ0) is 11.1. The summed E-state index contributed by atoms with van der Waals surface area (Å²) in [5, 5.41) is 6.10. The molecule has 0 fully saturated rings. The first kappa shape index (κ1) is 11.7. The second kappa shape index (κ2) is 6.19. The summed E-state index contributed by atoms with van der Waals surface area (Å²) in [7, 11) is 0. The Morgan fingerprint density at radius 2 is 2.53 bits per heavy atom. The quantitative estimate of drug-likeness (QED) is 0.448. The summed E-state index contributed by atoms with van der Waals surface area (Å²) < 4.78 is 0. The second-order valence-electron chi connectivity index (χ2n) is 3.26. The molecule has 0 radical (unpaired) electrons. The minimum Gasteiger partial charge on any atom is -0.370 e. The van der Waals surface area contributed by atoms with Gasteiger partial charge >= 0.3 is 0 Å². The molecule has 0 saturated heterocycles. The maximum atomic E-state index is 5.64. The largest absolute Gasteiger partial charge is 0.370 e.